The summed E-state index contributed by atoms with van der Waals surface area (Å²) in [5.74, 6) is 2.62. The van der Waals surface area contributed by atoms with Crippen LogP contribution >= 0.6 is 24.0 Å². The molecule has 0 aliphatic carbocycles. The van der Waals surface area contributed by atoms with Gasteiger partial charge in [0.25, 0.3) is 0 Å². The van der Waals surface area contributed by atoms with Crippen LogP contribution in [0, 0.1) is 0 Å². The van der Waals surface area contributed by atoms with Gasteiger partial charge in [-0.2, -0.15) is 0 Å². The van der Waals surface area contributed by atoms with Gasteiger partial charge in [-0.3, -0.25) is 4.99 Å². The Labute approximate surface area is 160 Å². The van der Waals surface area contributed by atoms with E-state index in [2.05, 4.69) is 21.7 Å². The van der Waals surface area contributed by atoms with Gasteiger partial charge in [0, 0.05) is 26.6 Å². The van der Waals surface area contributed by atoms with Gasteiger partial charge in [-0.15, -0.1) is 24.0 Å². The van der Waals surface area contributed by atoms with Crippen LogP contribution in [-0.2, 0) is 13.0 Å². The number of nitrogens with zero attached hydrogens (tertiary/aromatic N) is 1. The van der Waals surface area contributed by atoms with Gasteiger partial charge in [-0.25, -0.2) is 0 Å². The summed E-state index contributed by atoms with van der Waals surface area (Å²) < 4.78 is 11.0. The minimum Gasteiger partial charge on any atom is -0.491 e. The quantitative estimate of drug-likeness (QED) is 0.390. The number of nitrogens with one attached hydrogen (secondary N) is 2. The first-order valence-electron chi connectivity index (χ1n) is 7.90. The van der Waals surface area contributed by atoms with Crippen molar-refractivity contribution in [2.45, 2.75) is 32.9 Å². The fourth-order valence-electron chi connectivity index (χ4n) is 2.17. The van der Waals surface area contributed by atoms with E-state index < -0.39 is 0 Å². The number of rotatable bonds is 7. The molecule has 0 saturated heterocycles. The smallest absolute Gasteiger partial charge is 0.191 e. The summed E-state index contributed by atoms with van der Waals surface area (Å²) in [6, 6.07) is 12.0. The highest BCUT2D eigenvalue weighted by molar-refractivity contribution is 14.0. The summed E-state index contributed by atoms with van der Waals surface area (Å²) >= 11 is 0. The van der Waals surface area contributed by atoms with Crippen molar-refractivity contribution in [3.05, 3.63) is 54.0 Å². The van der Waals surface area contributed by atoms with Gasteiger partial charge in [0.15, 0.2) is 5.96 Å². The van der Waals surface area contributed by atoms with E-state index in [9.17, 15) is 0 Å². The number of hydrogen-bond acceptors (Lipinski definition) is 3. The highest BCUT2D eigenvalue weighted by atomic mass is 127. The summed E-state index contributed by atoms with van der Waals surface area (Å²) in [6.45, 7) is 5.50. The maximum absolute atomic E-state index is 5.71. The van der Waals surface area contributed by atoms with Crippen LogP contribution in [0.15, 0.2) is 52.1 Å². The molecule has 0 unspecified atom stereocenters. The summed E-state index contributed by atoms with van der Waals surface area (Å²) in [4.78, 5) is 4.23. The summed E-state index contributed by atoms with van der Waals surface area (Å²) in [7, 11) is 1.76. The first-order chi connectivity index (χ1) is 11.2. The van der Waals surface area contributed by atoms with E-state index in [1.807, 2.05) is 44.2 Å². The van der Waals surface area contributed by atoms with Gasteiger partial charge < -0.3 is 19.8 Å². The van der Waals surface area contributed by atoms with Crippen LogP contribution in [0.3, 0.4) is 0 Å². The molecule has 0 amide bonds. The molecule has 0 saturated carbocycles. The minimum atomic E-state index is 0. The van der Waals surface area contributed by atoms with Crippen LogP contribution in [0.2, 0.25) is 0 Å². The lowest BCUT2D eigenvalue weighted by Crippen LogP contribution is -2.37. The highest BCUT2D eigenvalue weighted by Crippen LogP contribution is 2.14. The summed E-state index contributed by atoms with van der Waals surface area (Å²) in [5.41, 5.74) is 1.15. The molecule has 2 N–H and O–H groups in total. The number of furan rings is 1. The van der Waals surface area contributed by atoms with E-state index in [0.717, 1.165) is 36.0 Å². The molecule has 0 radical (unpaired) electrons. The van der Waals surface area contributed by atoms with E-state index in [4.69, 9.17) is 9.15 Å². The zero-order chi connectivity index (χ0) is 16.5. The second-order valence-electron chi connectivity index (χ2n) is 5.50. The van der Waals surface area contributed by atoms with Crippen molar-refractivity contribution < 1.29 is 9.15 Å². The molecule has 2 rings (SSSR count). The molecule has 5 nitrogen and oxygen atoms in total. The average molecular weight is 443 g/mol. The van der Waals surface area contributed by atoms with Crippen molar-refractivity contribution in [2.24, 2.45) is 4.99 Å². The van der Waals surface area contributed by atoms with Crippen LogP contribution in [-0.4, -0.2) is 25.7 Å². The molecule has 0 fully saturated rings. The van der Waals surface area contributed by atoms with Crippen LogP contribution in [0.5, 0.6) is 5.75 Å². The predicted octanol–water partition coefficient (Wildman–Crippen LogP) is 3.59. The Kier molecular flexibility index (Phi) is 9.29. The number of halogens is 1. The molecule has 1 heterocycles. The molecule has 132 valence electrons. The zero-order valence-corrected chi connectivity index (χ0v) is 16.7. The van der Waals surface area contributed by atoms with Gasteiger partial charge in [0.05, 0.1) is 12.4 Å². The Hall–Kier alpha value is -1.70. The number of hydrogen-bond donors (Lipinski definition) is 2. The molecule has 0 bridgehead atoms. The molecule has 6 heteroatoms. The van der Waals surface area contributed by atoms with E-state index in [-0.39, 0.29) is 30.1 Å². The van der Waals surface area contributed by atoms with Crippen molar-refractivity contribution in [3.63, 3.8) is 0 Å². The topological polar surface area (TPSA) is 58.8 Å². The molecule has 1 aromatic carbocycles. The lowest BCUT2D eigenvalue weighted by molar-refractivity contribution is 0.242. The third-order valence-corrected chi connectivity index (χ3v) is 3.20. The van der Waals surface area contributed by atoms with Crippen LogP contribution in [0.1, 0.15) is 25.2 Å². The molecule has 2 aromatic rings. The third kappa shape index (κ3) is 7.25. The second kappa shape index (κ2) is 11.0. The van der Waals surface area contributed by atoms with E-state index in [0.29, 0.717) is 6.54 Å². The molecule has 0 aliphatic rings. The fourth-order valence-corrected chi connectivity index (χ4v) is 2.17. The molecule has 0 spiro atoms. The third-order valence-electron chi connectivity index (χ3n) is 3.20. The number of guanidine groups is 1. The molecular formula is C18H26IN3O2. The van der Waals surface area contributed by atoms with E-state index >= 15 is 0 Å². The largest absolute Gasteiger partial charge is 0.491 e. The Bertz CT molecular complexity index is 612. The van der Waals surface area contributed by atoms with Crippen LogP contribution < -0.4 is 15.4 Å². The average Bonchev–Trinajstić information content (AvgIpc) is 3.03. The molecule has 1 aromatic heterocycles. The number of ether oxygens (including phenoxy) is 1. The van der Waals surface area contributed by atoms with E-state index in [1.165, 1.54) is 0 Å². The first kappa shape index (κ1) is 20.3. The SMILES string of the molecule is CN=C(NCCc1ccco1)NCc1cccc(OC(C)C)c1.I. The lowest BCUT2D eigenvalue weighted by atomic mass is 10.2. The van der Waals surface area contributed by atoms with Gasteiger partial charge in [-0.1, -0.05) is 12.1 Å². The van der Waals surface area contributed by atoms with Crippen molar-refractivity contribution >= 4 is 29.9 Å². The Balaban J connectivity index is 0.00000288. The van der Waals surface area contributed by atoms with Gasteiger partial charge in [-0.05, 0) is 43.7 Å². The lowest BCUT2D eigenvalue weighted by Gasteiger charge is -2.13. The Morgan fingerprint density at radius 2 is 2.04 bits per heavy atom. The highest BCUT2D eigenvalue weighted by Gasteiger charge is 2.02. The summed E-state index contributed by atoms with van der Waals surface area (Å²) in [5, 5.41) is 6.57. The first-order valence-corrected chi connectivity index (χ1v) is 7.90. The van der Waals surface area contributed by atoms with Gasteiger partial charge >= 0.3 is 0 Å². The Morgan fingerprint density at radius 1 is 1.21 bits per heavy atom. The normalized spacial score (nSPS) is 11.1. The van der Waals surface area contributed by atoms with Crippen molar-refractivity contribution in [1.29, 1.82) is 0 Å². The Morgan fingerprint density at radius 3 is 2.71 bits per heavy atom. The number of benzene rings is 1. The zero-order valence-electron chi connectivity index (χ0n) is 14.4. The van der Waals surface area contributed by atoms with Crippen LogP contribution in [0.25, 0.3) is 0 Å². The predicted molar refractivity (Wildman–Crippen MR) is 108 cm³/mol. The van der Waals surface area contributed by atoms with Gasteiger partial charge in [0.2, 0.25) is 0 Å². The van der Waals surface area contributed by atoms with Crippen molar-refractivity contribution in [1.82, 2.24) is 10.6 Å². The summed E-state index contributed by atoms with van der Waals surface area (Å²) in [6.07, 6.45) is 2.69. The fraction of sp³-hybridized carbons (Fsp3) is 0.389. The molecule has 24 heavy (non-hydrogen) atoms. The second-order valence-corrected chi connectivity index (χ2v) is 5.50. The number of aliphatic imine (C=N–C) groups is 1. The molecule has 0 atom stereocenters. The van der Waals surface area contributed by atoms with E-state index in [1.54, 1.807) is 13.3 Å². The van der Waals surface area contributed by atoms with Gasteiger partial charge in [0.1, 0.15) is 11.5 Å². The minimum absolute atomic E-state index is 0. The van der Waals surface area contributed by atoms with Crippen molar-refractivity contribution in [3.8, 4) is 5.75 Å². The standard InChI is InChI=1S/C18H25N3O2.HI/c1-14(2)23-17-7-4-6-15(12-17)13-21-18(19-3)20-10-9-16-8-5-11-22-16;/h4-8,11-12,14H,9-10,13H2,1-3H3,(H2,19,20,21);1H. The molecule has 0 aliphatic heterocycles. The maximum Gasteiger partial charge on any atom is 0.191 e. The van der Waals surface area contributed by atoms with Crippen LogP contribution in [0.4, 0.5) is 0 Å². The monoisotopic (exact) mass is 443 g/mol. The maximum atomic E-state index is 5.71. The molecular weight excluding hydrogens is 417 g/mol. The van der Waals surface area contributed by atoms with Crippen molar-refractivity contribution in [2.75, 3.05) is 13.6 Å².